The van der Waals surface area contributed by atoms with Crippen molar-refractivity contribution in [1.29, 1.82) is 0 Å². The molecule has 0 rings (SSSR count). The molecule has 0 amide bonds. The first-order chi connectivity index (χ1) is 7.83. The Morgan fingerprint density at radius 1 is 0.818 bits per heavy atom. The number of carbonyl (C=O) groups excluding carboxylic acids is 2. The fourth-order valence-corrected chi connectivity index (χ4v) is 0.967. The number of hydrogen-bond acceptors (Lipinski definition) is 6. The Kier molecular flexibility index (Phi) is 20.3. The molecule has 2 atom stereocenters. The Hall–Kier alpha value is 0.730. The van der Waals surface area contributed by atoms with Gasteiger partial charge < -0.3 is 36.7 Å². The Morgan fingerprint density at radius 2 is 1.00 bits per heavy atom. The van der Waals surface area contributed by atoms with Crippen LogP contribution in [-0.2, 0) is 38.5 Å². The quantitative estimate of drug-likeness (QED) is 0.328. The molecule has 0 unspecified atom stereocenters. The molecule has 0 fully saturated rings. The first kappa shape index (κ1) is 34.1. The number of halogens is 1. The molecule has 0 aromatic carbocycles. The van der Waals surface area contributed by atoms with Crippen LogP contribution in [0.5, 0.6) is 0 Å². The molecule has 124 valence electrons. The molecule has 0 aliphatic carbocycles. The minimum Gasteiger partial charge on any atom is -1.00 e. The van der Waals surface area contributed by atoms with Crippen molar-refractivity contribution in [2.24, 2.45) is 0 Å². The summed E-state index contributed by atoms with van der Waals surface area (Å²) in [6.45, 7) is 9.36. The monoisotopic (exact) mass is 443 g/mol. The third-order valence-electron chi connectivity index (χ3n) is 1.55. The van der Waals surface area contributed by atoms with Gasteiger partial charge in [-0.15, -0.1) is 0 Å². The molecule has 0 aromatic heterocycles. The third-order valence-corrected chi connectivity index (χ3v) is 1.55. The van der Waals surface area contributed by atoms with Crippen LogP contribution in [0.2, 0.25) is 0 Å². The molecule has 0 heterocycles. The summed E-state index contributed by atoms with van der Waals surface area (Å²) in [6.07, 6.45) is -4.64. The van der Waals surface area contributed by atoms with Gasteiger partial charge in [0.25, 0.3) is 11.9 Å². The van der Waals surface area contributed by atoms with Gasteiger partial charge in [0, 0.05) is 19.5 Å². The maximum Gasteiger partial charge on any atom is 2.00 e. The van der Waals surface area contributed by atoms with E-state index < -0.39 is 35.3 Å². The largest absolute Gasteiger partial charge is 2.00 e. The fourth-order valence-electron chi connectivity index (χ4n) is 0.967. The van der Waals surface area contributed by atoms with Gasteiger partial charge in [-0.1, -0.05) is 7.43 Å². The Labute approximate surface area is 172 Å². The van der Waals surface area contributed by atoms with E-state index in [1.807, 2.05) is 0 Å². The normalized spacial score (nSPS) is 12.9. The summed E-state index contributed by atoms with van der Waals surface area (Å²) in [5.74, 6) is -2.48. The van der Waals surface area contributed by atoms with Crippen molar-refractivity contribution in [2.45, 2.75) is 72.4 Å². The topological polar surface area (TPSA) is 98.7 Å². The second-order valence-electron chi connectivity index (χ2n) is 5.91. The van der Waals surface area contributed by atoms with Gasteiger partial charge in [0.2, 0.25) is 0 Å². The summed E-state index contributed by atoms with van der Waals surface area (Å²) in [7, 11) is 0. The number of hydrogen-bond donors (Lipinski definition) is 0. The van der Waals surface area contributed by atoms with Crippen LogP contribution in [0.3, 0.4) is 0 Å². The average Bonchev–Trinajstić information content (AvgIpc) is 2.09. The summed E-state index contributed by atoms with van der Waals surface area (Å²) in [5.41, 5.74) is -1.76. The van der Waals surface area contributed by atoms with E-state index in [0.29, 0.717) is 0 Å². The van der Waals surface area contributed by atoms with Gasteiger partial charge in [-0.3, -0.25) is 9.59 Å². The van der Waals surface area contributed by atoms with Crippen LogP contribution in [-0.4, -0.2) is 58.4 Å². The molecule has 0 aliphatic heterocycles. The Morgan fingerprint density at radius 3 is 1.14 bits per heavy atom. The van der Waals surface area contributed by atoms with Crippen molar-refractivity contribution in [1.82, 2.24) is 0 Å². The zero-order valence-electron chi connectivity index (χ0n) is 13.4. The molecule has 0 radical (unpaired) electrons. The van der Waals surface area contributed by atoms with Crippen LogP contribution >= 0.6 is 0 Å². The van der Waals surface area contributed by atoms with E-state index in [4.69, 9.17) is 9.47 Å². The van der Waals surface area contributed by atoms with Gasteiger partial charge in [-0.2, -0.15) is 0 Å². The van der Waals surface area contributed by atoms with Crippen LogP contribution in [0, 0.1) is 0 Å². The van der Waals surface area contributed by atoms with Gasteiger partial charge in [0.15, 0.2) is 0 Å². The summed E-state index contributed by atoms with van der Waals surface area (Å²) in [5, 5.41) is 22.9. The number of esters is 2. The molecule has 0 aliphatic rings. The molecular weight excluding hydrogens is 422 g/mol. The van der Waals surface area contributed by atoms with Gasteiger partial charge in [0.05, 0.1) is 0 Å². The second-order valence-corrected chi connectivity index (χ2v) is 5.91. The minimum atomic E-state index is -2.32. The number of carbonyl (C=O) groups is 2. The van der Waals surface area contributed by atoms with Crippen LogP contribution in [0.1, 0.15) is 49.0 Å². The maximum absolute atomic E-state index is 11.4. The first-order valence-corrected chi connectivity index (χ1v) is 5.61. The molecule has 0 N–H and O–H groups in total. The minimum absolute atomic E-state index is 0. The number of ether oxygens (including phenoxy) is 2. The Bertz CT molecular complexity index is 295. The molecule has 0 aromatic rings. The van der Waals surface area contributed by atoms with Crippen molar-refractivity contribution in [2.75, 3.05) is 0 Å². The van der Waals surface area contributed by atoms with Gasteiger partial charge >= 0.3 is 23.1 Å². The van der Waals surface area contributed by atoms with Crippen LogP contribution in [0.4, 0.5) is 0 Å². The SMILES string of the molecule is C.CC(C)(C)OC(=O)[C@@H]([O-])[C@H]([O-])C(=O)OC(C)(C)C.[Br-].[Mg+2].[Zn]. The fraction of sp³-hybridized carbons (Fsp3) is 0.846. The van der Waals surface area contributed by atoms with E-state index >= 15 is 0 Å². The van der Waals surface area contributed by atoms with Gasteiger partial charge in [-0.05, 0) is 53.8 Å². The van der Waals surface area contributed by atoms with Crippen molar-refractivity contribution >= 4 is 35.0 Å². The van der Waals surface area contributed by atoms with E-state index in [-0.39, 0.29) is 66.9 Å². The van der Waals surface area contributed by atoms with Crippen LogP contribution in [0.15, 0.2) is 0 Å². The molecule has 0 bridgehead atoms. The first-order valence-electron chi connectivity index (χ1n) is 5.61. The van der Waals surface area contributed by atoms with E-state index in [9.17, 15) is 19.8 Å². The predicted octanol–water partition coefficient (Wildman–Crippen LogP) is -3.62. The van der Waals surface area contributed by atoms with Crippen LogP contribution < -0.4 is 27.2 Å². The smallest absolute Gasteiger partial charge is 1.00 e. The summed E-state index contributed by atoms with van der Waals surface area (Å²) >= 11 is 0. The molecule has 9 heteroatoms. The van der Waals surface area contributed by atoms with Crippen molar-refractivity contribution in [3.63, 3.8) is 0 Å². The van der Waals surface area contributed by atoms with Gasteiger partial charge in [0.1, 0.15) is 11.2 Å². The van der Waals surface area contributed by atoms with Crippen molar-refractivity contribution < 1.29 is 65.7 Å². The molecule has 0 saturated heterocycles. The summed E-state index contributed by atoms with van der Waals surface area (Å²) < 4.78 is 9.48. The van der Waals surface area contributed by atoms with E-state index in [1.54, 1.807) is 41.5 Å². The predicted molar refractivity (Wildman–Crippen MR) is 71.8 cm³/mol. The second kappa shape index (κ2) is 13.1. The zero-order valence-corrected chi connectivity index (χ0v) is 19.4. The molecule has 0 saturated carbocycles. The van der Waals surface area contributed by atoms with Gasteiger partial charge in [-0.25, -0.2) is 0 Å². The number of rotatable bonds is 3. The average molecular weight is 446 g/mol. The van der Waals surface area contributed by atoms with Crippen molar-refractivity contribution in [3.8, 4) is 0 Å². The standard InChI is InChI=1S/C12H20O6.CH4.BrH.Mg.Zn/c1-11(2,3)17-9(15)7(13)8(14)10(16)18-12(4,5)6;;;;/h7-8H,1-6H3;1H4;1H;;/q-2;;;+2;/p-1/t7-,8-;;;;/m0..../s1. The summed E-state index contributed by atoms with van der Waals surface area (Å²) in [4.78, 5) is 22.7. The van der Waals surface area contributed by atoms with Crippen molar-refractivity contribution in [3.05, 3.63) is 0 Å². The molecule has 6 nitrogen and oxygen atoms in total. The summed E-state index contributed by atoms with van der Waals surface area (Å²) in [6, 6.07) is 0. The third kappa shape index (κ3) is 15.6. The van der Waals surface area contributed by atoms with E-state index in [2.05, 4.69) is 0 Å². The maximum atomic E-state index is 11.4. The Balaban J connectivity index is -0.000000241. The van der Waals surface area contributed by atoms with E-state index in [0.717, 1.165) is 0 Å². The van der Waals surface area contributed by atoms with E-state index in [1.165, 1.54) is 0 Å². The molecular formula is C13H24BrMgO6Zn-. The van der Waals surface area contributed by atoms with Crippen LogP contribution in [0.25, 0.3) is 0 Å². The zero-order chi connectivity index (χ0) is 14.7. The molecule has 22 heavy (non-hydrogen) atoms. The molecule has 0 spiro atoms.